The van der Waals surface area contributed by atoms with Gasteiger partial charge in [-0.1, -0.05) is 0 Å². The Hall–Kier alpha value is -0.860. The summed E-state index contributed by atoms with van der Waals surface area (Å²) < 4.78 is 30.2. The quantitative estimate of drug-likeness (QED) is 0.760. The maximum atomic E-state index is 12.2. The third-order valence-electron chi connectivity index (χ3n) is 4.35. The molecule has 0 aromatic heterocycles. The molecule has 0 aliphatic carbocycles. The standard InChI is InChI=1S/C14H26N2O5S/c1-13(2,3)21-12(17)15-7-5-14(18)6-8-16(22(4,19)20)10-11(14)9-15/h11,18H,5-10H2,1-4H3/t11-,14+/m1/s1. The van der Waals surface area contributed by atoms with E-state index in [0.29, 0.717) is 32.5 Å². The summed E-state index contributed by atoms with van der Waals surface area (Å²) in [6.07, 6.45) is 1.62. The van der Waals surface area contributed by atoms with Gasteiger partial charge < -0.3 is 14.7 Å². The van der Waals surface area contributed by atoms with Gasteiger partial charge in [0.25, 0.3) is 0 Å². The summed E-state index contributed by atoms with van der Waals surface area (Å²) in [5.41, 5.74) is -1.46. The first kappa shape index (κ1) is 17.5. The van der Waals surface area contributed by atoms with Gasteiger partial charge in [-0.05, 0) is 33.6 Å². The van der Waals surface area contributed by atoms with Crippen LogP contribution in [0.1, 0.15) is 33.6 Å². The zero-order valence-corrected chi connectivity index (χ0v) is 14.5. The summed E-state index contributed by atoms with van der Waals surface area (Å²) in [5, 5.41) is 10.7. The smallest absolute Gasteiger partial charge is 0.410 e. The summed E-state index contributed by atoms with van der Waals surface area (Å²) >= 11 is 0. The van der Waals surface area contributed by atoms with Gasteiger partial charge in [-0.25, -0.2) is 17.5 Å². The van der Waals surface area contributed by atoms with E-state index < -0.39 is 27.3 Å². The highest BCUT2D eigenvalue weighted by Gasteiger charge is 2.47. The lowest BCUT2D eigenvalue weighted by Crippen LogP contribution is -2.61. The second-order valence-corrected chi connectivity index (χ2v) is 9.33. The van der Waals surface area contributed by atoms with Crippen LogP contribution in [0.5, 0.6) is 0 Å². The van der Waals surface area contributed by atoms with Crippen LogP contribution in [-0.4, -0.2) is 72.5 Å². The van der Waals surface area contributed by atoms with Gasteiger partial charge in [0.1, 0.15) is 5.60 Å². The topological polar surface area (TPSA) is 87.2 Å². The maximum absolute atomic E-state index is 12.2. The zero-order valence-electron chi connectivity index (χ0n) is 13.7. The van der Waals surface area contributed by atoms with Crippen molar-refractivity contribution >= 4 is 16.1 Å². The van der Waals surface area contributed by atoms with Gasteiger partial charge in [0.15, 0.2) is 0 Å². The number of sulfonamides is 1. The van der Waals surface area contributed by atoms with E-state index in [1.54, 1.807) is 25.7 Å². The number of nitrogens with zero attached hydrogens (tertiary/aromatic N) is 2. The van der Waals surface area contributed by atoms with Gasteiger partial charge in [0.2, 0.25) is 10.0 Å². The predicted molar refractivity (Wildman–Crippen MR) is 81.9 cm³/mol. The first-order valence-corrected chi connectivity index (χ1v) is 9.41. The van der Waals surface area contributed by atoms with Gasteiger partial charge in [0.05, 0.1) is 11.9 Å². The van der Waals surface area contributed by atoms with Crippen LogP contribution >= 0.6 is 0 Å². The van der Waals surface area contributed by atoms with Crippen LogP contribution in [0.3, 0.4) is 0 Å². The number of fused-ring (bicyclic) bond motifs is 1. The third-order valence-corrected chi connectivity index (χ3v) is 5.62. The second-order valence-electron chi connectivity index (χ2n) is 7.35. The lowest BCUT2D eigenvalue weighted by Gasteiger charge is -2.49. The summed E-state index contributed by atoms with van der Waals surface area (Å²) in [5.74, 6) is -0.280. The molecule has 2 aliphatic rings. The number of carbonyl (C=O) groups is 1. The van der Waals surface area contributed by atoms with Gasteiger partial charge in [-0.3, -0.25) is 0 Å². The minimum Gasteiger partial charge on any atom is -0.444 e. The lowest BCUT2D eigenvalue weighted by atomic mass is 9.76. The summed E-state index contributed by atoms with van der Waals surface area (Å²) in [7, 11) is -3.28. The normalized spacial score (nSPS) is 30.8. The number of hydrogen-bond acceptors (Lipinski definition) is 5. The van der Waals surface area contributed by atoms with Crippen molar-refractivity contribution in [1.29, 1.82) is 0 Å². The molecular weight excluding hydrogens is 308 g/mol. The van der Waals surface area contributed by atoms with Crippen LogP contribution in [0.2, 0.25) is 0 Å². The number of aliphatic hydroxyl groups is 1. The summed E-state index contributed by atoms with van der Waals surface area (Å²) in [6, 6.07) is 0. The van der Waals surface area contributed by atoms with Crippen molar-refractivity contribution in [1.82, 2.24) is 9.21 Å². The maximum Gasteiger partial charge on any atom is 0.410 e. The average molecular weight is 334 g/mol. The molecule has 1 N–H and O–H groups in total. The first-order valence-electron chi connectivity index (χ1n) is 7.56. The van der Waals surface area contributed by atoms with Crippen LogP contribution in [0.15, 0.2) is 0 Å². The Bertz CT molecular complexity index is 542. The number of hydrogen-bond donors (Lipinski definition) is 1. The molecule has 2 saturated heterocycles. The average Bonchev–Trinajstić information content (AvgIpc) is 2.33. The van der Waals surface area contributed by atoms with E-state index in [2.05, 4.69) is 0 Å². The highest BCUT2D eigenvalue weighted by molar-refractivity contribution is 7.88. The molecule has 0 radical (unpaired) electrons. The molecule has 8 heteroatoms. The molecular formula is C14H26N2O5S. The fourth-order valence-electron chi connectivity index (χ4n) is 3.07. The van der Waals surface area contributed by atoms with Crippen LogP contribution < -0.4 is 0 Å². The second kappa shape index (κ2) is 5.65. The van der Waals surface area contributed by atoms with E-state index >= 15 is 0 Å². The van der Waals surface area contributed by atoms with Crippen molar-refractivity contribution in [2.75, 3.05) is 32.4 Å². The molecule has 0 bridgehead atoms. The molecule has 128 valence electrons. The third kappa shape index (κ3) is 3.91. The highest BCUT2D eigenvalue weighted by atomic mass is 32.2. The Morgan fingerprint density at radius 3 is 2.36 bits per heavy atom. The minimum atomic E-state index is -3.28. The Morgan fingerprint density at radius 1 is 1.23 bits per heavy atom. The number of carbonyl (C=O) groups excluding carboxylic acids is 1. The molecule has 0 aromatic rings. The zero-order chi connectivity index (χ0) is 16.8. The fourth-order valence-corrected chi connectivity index (χ4v) is 3.94. The number of ether oxygens (including phenoxy) is 1. The monoisotopic (exact) mass is 334 g/mol. The van der Waals surface area contributed by atoms with Crippen molar-refractivity contribution in [3.8, 4) is 0 Å². The molecule has 0 spiro atoms. The molecule has 2 fully saturated rings. The molecule has 1 amide bonds. The molecule has 2 aliphatic heterocycles. The van der Waals surface area contributed by atoms with E-state index in [1.807, 2.05) is 0 Å². The van der Waals surface area contributed by atoms with Gasteiger partial charge >= 0.3 is 6.09 Å². The van der Waals surface area contributed by atoms with Crippen molar-refractivity contribution in [3.63, 3.8) is 0 Å². The molecule has 2 atom stereocenters. The van der Waals surface area contributed by atoms with E-state index in [4.69, 9.17) is 4.74 Å². The number of rotatable bonds is 1. The van der Waals surface area contributed by atoms with E-state index in [0.717, 1.165) is 0 Å². The van der Waals surface area contributed by atoms with E-state index in [1.165, 1.54) is 10.6 Å². The summed E-state index contributed by atoms with van der Waals surface area (Å²) in [6.45, 7) is 6.73. The highest BCUT2D eigenvalue weighted by Crippen LogP contribution is 2.36. The van der Waals surface area contributed by atoms with E-state index in [9.17, 15) is 18.3 Å². The fraction of sp³-hybridized carbons (Fsp3) is 0.929. The Morgan fingerprint density at radius 2 is 1.82 bits per heavy atom. The lowest BCUT2D eigenvalue weighted by molar-refractivity contribution is -0.101. The van der Waals surface area contributed by atoms with Gasteiger partial charge in [0, 0.05) is 32.1 Å². The van der Waals surface area contributed by atoms with Crippen molar-refractivity contribution in [2.45, 2.75) is 44.8 Å². The Labute approximate surface area is 132 Å². The molecule has 22 heavy (non-hydrogen) atoms. The number of likely N-dealkylation sites (tertiary alicyclic amines) is 1. The van der Waals surface area contributed by atoms with Crippen molar-refractivity contribution in [2.24, 2.45) is 5.92 Å². The number of piperidine rings is 2. The minimum absolute atomic E-state index is 0.245. The molecule has 2 heterocycles. The van der Waals surface area contributed by atoms with Crippen molar-refractivity contribution < 1.29 is 23.1 Å². The molecule has 2 rings (SSSR count). The SMILES string of the molecule is CC(C)(C)OC(=O)N1CC[C@]2(O)CCN(S(C)(=O)=O)C[C@H]2C1. The molecule has 7 nitrogen and oxygen atoms in total. The predicted octanol–water partition coefficient (Wildman–Crippen LogP) is 0.640. The summed E-state index contributed by atoms with van der Waals surface area (Å²) in [4.78, 5) is 13.7. The molecule has 0 aromatic carbocycles. The van der Waals surface area contributed by atoms with Gasteiger partial charge in [-0.2, -0.15) is 0 Å². The van der Waals surface area contributed by atoms with E-state index in [-0.39, 0.29) is 12.5 Å². The molecule has 0 saturated carbocycles. The van der Waals surface area contributed by atoms with Gasteiger partial charge in [-0.15, -0.1) is 0 Å². The van der Waals surface area contributed by atoms with Crippen molar-refractivity contribution in [3.05, 3.63) is 0 Å². The Kier molecular flexibility index (Phi) is 4.49. The van der Waals surface area contributed by atoms with Crippen LogP contribution in [0, 0.1) is 5.92 Å². The van der Waals surface area contributed by atoms with Crippen LogP contribution in [0.4, 0.5) is 4.79 Å². The number of amides is 1. The first-order chi connectivity index (χ1) is 9.91. The largest absolute Gasteiger partial charge is 0.444 e. The molecule has 0 unspecified atom stereocenters. The van der Waals surface area contributed by atoms with Crippen LogP contribution in [0.25, 0.3) is 0 Å². The Balaban J connectivity index is 2.07. The van der Waals surface area contributed by atoms with Crippen LogP contribution in [-0.2, 0) is 14.8 Å².